The van der Waals surface area contributed by atoms with E-state index < -0.39 is 0 Å². The van der Waals surface area contributed by atoms with Crippen LogP contribution in [0.15, 0.2) is 24.3 Å². The highest BCUT2D eigenvalue weighted by molar-refractivity contribution is 5.93. The van der Waals surface area contributed by atoms with Crippen LogP contribution in [0.2, 0.25) is 0 Å². The van der Waals surface area contributed by atoms with Crippen LogP contribution in [0.1, 0.15) is 44.0 Å². The van der Waals surface area contributed by atoms with Gasteiger partial charge in [0.15, 0.2) is 6.29 Å². The number of ether oxygens (including phenoxy) is 2. The number of anilines is 1. The molecule has 1 saturated carbocycles. The zero-order chi connectivity index (χ0) is 13.8. The molecule has 1 saturated heterocycles. The van der Waals surface area contributed by atoms with Crippen LogP contribution in [0.25, 0.3) is 0 Å². The predicted octanol–water partition coefficient (Wildman–Crippen LogP) is 3.25. The summed E-state index contributed by atoms with van der Waals surface area (Å²) in [6.07, 6.45) is 5.24. The molecule has 4 heteroatoms. The summed E-state index contributed by atoms with van der Waals surface area (Å²) in [6, 6.07) is 7.74. The van der Waals surface area contributed by atoms with Crippen molar-refractivity contribution in [3.8, 4) is 0 Å². The number of amides is 1. The van der Waals surface area contributed by atoms with Gasteiger partial charge in [-0.15, -0.1) is 0 Å². The summed E-state index contributed by atoms with van der Waals surface area (Å²) in [4.78, 5) is 12.3. The third kappa shape index (κ3) is 3.02. The number of hydrogen-bond donors (Lipinski definition) is 1. The first-order chi connectivity index (χ1) is 9.84. The summed E-state index contributed by atoms with van der Waals surface area (Å²) in [6.45, 7) is 1.21. The molecular weight excluding hydrogens is 254 g/mol. The third-order valence-electron chi connectivity index (χ3n) is 4.07. The second kappa shape index (κ2) is 6.37. The van der Waals surface area contributed by atoms with Gasteiger partial charge in [0.05, 0.1) is 13.2 Å². The van der Waals surface area contributed by atoms with Gasteiger partial charge in [0.2, 0.25) is 5.91 Å². The second-order valence-electron chi connectivity index (χ2n) is 5.48. The molecule has 0 atom stereocenters. The highest BCUT2D eigenvalue weighted by atomic mass is 16.7. The van der Waals surface area contributed by atoms with Crippen molar-refractivity contribution in [2.24, 2.45) is 5.92 Å². The Morgan fingerprint density at radius 1 is 1.05 bits per heavy atom. The number of benzene rings is 1. The number of carbonyl (C=O) groups is 1. The molecular formula is C16H21NO3. The number of para-hydroxylation sites is 1. The smallest absolute Gasteiger partial charge is 0.227 e. The Balaban J connectivity index is 1.71. The van der Waals surface area contributed by atoms with Gasteiger partial charge in [-0.25, -0.2) is 0 Å². The normalized spacial score (nSPS) is 21.0. The van der Waals surface area contributed by atoms with E-state index in [0.29, 0.717) is 13.2 Å². The van der Waals surface area contributed by atoms with Gasteiger partial charge in [0, 0.05) is 17.2 Å². The van der Waals surface area contributed by atoms with Crippen LogP contribution in [-0.2, 0) is 14.3 Å². The fraction of sp³-hybridized carbons (Fsp3) is 0.562. The molecule has 1 aliphatic carbocycles. The van der Waals surface area contributed by atoms with E-state index in [1.54, 1.807) is 0 Å². The standard InChI is InChI=1S/C16H21NO3/c18-15(12-6-2-1-3-7-12)17-14-9-5-4-8-13(14)16-19-10-11-20-16/h4-5,8-9,12,16H,1-3,6-7,10-11H2,(H,17,18). The lowest BCUT2D eigenvalue weighted by atomic mass is 9.88. The largest absolute Gasteiger partial charge is 0.346 e. The first-order valence-electron chi connectivity index (χ1n) is 7.47. The Kier molecular flexibility index (Phi) is 4.33. The van der Waals surface area contributed by atoms with E-state index in [2.05, 4.69) is 5.32 Å². The highest BCUT2D eigenvalue weighted by Crippen LogP contribution is 2.31. The molecule has 1 aliphatic heterocycles. The Morgan fingerprint density at radius 2 is 1.75 bits per heavy atom. The lowest BCUT2D eigenvalue weighted by Crippen LogP contribution is -2.25. The summed E-state index contributed by atoms with van der Waals surface area (Å²) in [7, 11) is 0. The molecule has 3 rings (SSSR count). The molecule has 2 fully saturated rings. The van der Waals surface area contributed by atoms with Gasteiger partial charge in [0.25, 0.3) is 0 Å². The maximum atomic E-state index is 12.3. The molecule has 0 radical (unpaired) electrons. The van der Waals surface area contributed by atoms with Crippen LogP contribution < -0.4 is 5.32 Å². The topological polar surface area (TPSA) is 47.6 Å². The molecule has 1 heterocycles. The number of hydrogen-bond acceptors (Lipinski definition) is 3. The van der Waals surface area contributed by atoms with Gasteiger partial charge >= 0.3 is 0 Å². The van der Waals surface area contributed by atoms with E-state index in [1.165, 1.54) is 6.42 Å². The van der Waals surface area contributed by atoms with Crippen LogP contribution in [0.4, 0.5) is 5.69 Å². The summed E-state index contributed by atoms with van der Waals surface area (Å²) in [5.74, 6) is 0.289. The van der Waals surface area contributed by atoms with Crippen LogP contribution >= 0.6 is 0 Å². The first-order valence-corrected chi connectivity index (χ1v) is 7.47. The van der Waals surface area contributed by atoms with Crippen LogP contribution in [0, 0.1) is 5.92 Å². The van der Waals surface area contributed by atoms with E-state index in [4.69, 9.17) is 9.47 Å². The molecule has 1 N–H and O–H groups in total. The van der Waals surface area contributed by atoms with Crippen molar-refractivity contribution >= 4 is 11.6 Å². The highest BCUT2D eigenvalue weighted by Gasteiger charge is 2.25. The van der Waals surface area contributed by atoms with Gasteiger partial charge in [-0.2, -0.15) is 0 Å². The van der Waals surface area contributed by atoms with E-state index in [-0.39, 0.29) is 18.1 Å². The van der Waals surface area contributed by atoms with Gasteiger partial charge in [-0.3, -0.25) is 4.79 Å². The van der Waals surface area contributed by atoms with Crippen LogP contribution in [-0.4, -0.2) is 19.1 Å². The molecule has 1 aromatic rings. The fourth-order valence-corrected chi connectivity index (χ4v) is 2.95. The minimum absolute atomic E-state index is 0.134. The summed E-state index contributed by atoms with van der Waals surface area (Å²) in [5, 5.41) is 3.06. The first kappa shape index (κ1) is 13.6. The fourth-order valence-electron chi connectivity index (χ4n) is 2.95. The lowest BCUT2D eigenvalue weighted by molar-refractivity contribution is -0.120. The summed E-state index contributed by atoms with van der Waals surface area (Å²) in [5.41, 5.74) is 1.73. The molecule has 0 aromatic heterocycles. The zero-order valence-corrected chi connectivity index (χ0v) is 11.6. The van der Waals surface area contributed by atoms with Crippen molar-refractivity contribution in [2.75, 3.05) is 18.5 Å². The van der Waals surface area contributed by atoms with Gasteiger partial charge in [-0.1, -0.05) is 37.5 Å². The maximum absolute atomic E-state index is 12.3. The minimum atomic E-state index is -0.349. The molecule has 4 nitrogen and oxygen atoms in total. The molecule has 1 aromatic carbocycles. The number of carbonyl (C=O) groups excluding carboxylic acids is 1. The number of nitrogens with one attached hydrogen (secondary N) is 1. The monoisotopic (exact) mass is 275 g/mol. The molecule has 108 valence electrons. The average Bonchev–Trinajstić information content (AvgIpc) is 3.03. The van der Waals surface area contributed by atoms with Gasteiger partial charge in [-0.05, 0) is 18.9 Å². The Bertz CT molecular complexity index is 463. The number of rotatable bonds is 3. The maximum Gasteiger partial charge on any atom is 0.227 e. The third-order valence-corrected chi connectivity index (χ3v) is 4.07. The van der Waals surface area contributed by atoms with Crippen molar-refractivity contribution in [1.29, 1.82) is 0 Å². The molecule has 0 bridgehead atoms. The lowest BCUT2D eigenvalue weighted by Gasteiger charge is -2.22. The quantitative estimate of drug-likeness (QED) is 0.921. The summed E-state index contributed by atoms with van der Waals surface area (Å²) < 4.78 is 11.1. The SMILES string of the molecule is O=C(Nc1ccccc1C1OCCO1)C1CCCCC1. The molecule has 1 amide bonds. The van der Waals surface area contributed by atoms with Crippen molar-refractivity contribution in [2.45, 2.75) is 38.4 Å². The average molecular weight is 275 g/mol. The van der Waals surface area contributed by atoms with Crippen molar-refractivity contribution < 1.29 is 14.3 Å². The van der Waals surface area contributed by atoms with E-state index >= 15 is 0 Å². The van der Waals surface area contributed by atoms with Crippen molar-refractivity contribution in [1.82, 2.24) is 0 Å². The minimum Gasteiger partial charge on any atom is -0.346 e. The zero-order valence-electron chi connectivity index (χ0n) is 11.6. The molecule has 20 heavy (non-hydrogen) atoms. The Hall–Kier alpha value is -1.39. The van der Waals surface area contributed by atoms with Crippen LogP contribution in [0.3, 0.4) is 0 Å². The molecule has 0 spiro atoms. The van der Waals surface area contributed by atoms with Crippen molar-refractivity contribution in [3.63, 3.8) is 0 Å². The van der Waals surface area contributed by atoms with Gasteiger partial charge < -0.3 is 14.8 Å². The second-order valence-corrected chi connectivity index (χ2v) is 5.48. The van der Waals surface area contributed by atoms with E-state index in [0.717, 1.165) is 36.9 Å². The summed E-state index contributed by atoms with van der Waals surface area (Å²) >= 11 is 0. The molecule has 2 aliphatic rings. The predicted molar refractivity (Wildman–Crippen MR) is 76.3 cm³/mol. The molecule has 0 unspecified atom stereocenters. The Labute approximate surface area is 119 Å². The van der Waals surface area contributed by atoms with E-state index in [9.17, 15) is 4.79 Å². The van der Waals surface area contributed by atoms with Crippen LogP contribution in [0.5, 0.6) is 0 Å². The van der Waals surface area contributed by atoms with Crippen molar-refractivity contribution in [3.05, 3.63) is 29.8 Å². The van der Waals surface area contributed by atoms with E-state index in [1.807, 2.05) is 24.3 Å². The Morgan fingerprint density at radius 3 is 2.50 bits per heavy atom. The van der Waals surface area contributed by atoms with Gasteiger partial charge in [0.1, 0.15) is 0 Å².